The molecule has 0 saturated heterocycles. The van der Waals surface area contributed by atoms with Crippen LogP contribution in [0.2, 0.25) is 0 Å². The molecule has 1 aromatic rings. The van der Waals surface area contributed by atoms with Crippen molar-refractivity contribution in [2.24, 2.45) is 11.5 Å². The number of nitrogens with two attached hydrogens (primary N) is 2. The minimum absolute atomic E-state index is 0.248. The first-order chi connectivity index (χ1) is 7.77. The van der Waals surface area contributed by atoms with E-state index in [0.29, 0.717) is 18.7 Å². The summed E-state index contributed by atoms with van der Waals surface area (Å²) in [5.74, 6) is 5.45. The lowest BCUT2D eigenvalue weighted by atomic mass is 10.3. The Kier molecular flexibility index (Phi) is 5.12. The van der Waals surface area contributed by atoms with Gasteiger partial charge in [-0.3, -0.25) is 4.79 Å². The van der Waals surface area contributed by atoms with E-state index in [-0.39, 0.29) is 18.2 Å². The van der Waals surface area contributed by atoms with Crippen LogP contribution in [0.15, 0.2) is 16.7 Å². The Labute approximate surface area is 94.2 Å². The topological polar surface area (TPSA) is 94.3 Å². The number of hydrogen-bond acceptors (Lipinski definition) is 4. The van der Waals surface area contributed by atoms with E-state index in [4.69, 9.17) is 15.9 Å². The van der Waals surface area contributed by atoms with Crippen LogP contribution in [-0.4, -0.2) is 25.5 Å². The van der Waals surface area contributed by atoms with Gasteiger partial charge in [-0.1, -0.05) is 11.8 Å². The molecule has 0 fully saturated rings. The van der Waals surface area contributed by atoms with Crippen LogP contribution in [0, 0.1) is 11.8 Å². The van der Waals surface area contributed by atoms with Crippen LogP contribution in [0.5, 0.6) is 0 Å². The van der Waals surface area contributed by atoms with Gasteiger partial charge in [0.1, 0.15) is 6.26 Å². The fourth-order valence-corrected chi connectivity index (χ4v) is 1.07. The van der Waals surface area contributed by atoms with Crippen LogP contribution >= 0.6 is 0 Å². The minimum atomic E-state index is -0.255. The van der Waals surface area contributed by atoms with Crippen LogP contribution in [0.3, 0.4) is 0 Å². The summed E-state index contributed by atoms with van der Waals surface area (Å²) in [5, 5.41) is 2.68. The van der Waals surface area contributed by atoms with Crippen molar-refractivity contribution in [3.05, 3.63) is 23.7 Å². The second-order valence-corrected chi connectivity index (χ2v) is 3.10. The highest BCUT2D eigenvalue weighted by atomic mass is 16.3. The molecule has 0 saturated carbocycles. The molecule has 0 aromatic carbocycles. The summed E-state index contributed by atoms with van der Waals surface area (Å²) in [6, 6.07) is 1.58. The van der Waals surface area contributed by atoms with Gasteiger partial charge in [0.15, 0.2) is 5.76 Å². The van der Waals surface area contributed by atoms with E-state index in [2.05, 4.69) is 17.2 Å². The van der Waals surface area contributed by atoms with Gasteiger partial charge in [-0.15, -0.1) is 0 Å². The molecule has 0 bridgehead atoms. The number of amides is 1. The van der Waals surface area contributed by atoms with Crippen molar-refractivity contribution in [2.75, 3.05) is 19.6 Å². The molecular formula is C11H15N3O2. The molecule has 1 rings (SSSR count). The summed E-state index contributed by atoms with van der Waals surface area (Å²) in [7, 11) is 0. The molecular weight excluding hydrogens is 206 g/mol. The molecule has 0 unspecified atom stereocenters. The molecule has 0 radical (unpaired) electrons. The largest absolute Gasteiger partial charge is 0.458 e. The standard InChI is InChI=1S/C11H15N3O2/c12-4-1-3-9-7-10(16-8-9)11(15)14-6-2-5-13/h7-8H,2,4-6,12-13H2,(H,14,15). The normalized spacial score (nSPS) is 9.38. The van der Waals surface area contributed by atoms with E-state index in [1.807, 2.05) is 0 Å². The minimum Gasteiger partial charge on any atom is -0.458 e. The quantitative estimate of drug-likeness (QED) is 0.479. The lowest BCUT2D eigenvalue weighted by molar-refractivity contribution is 0.0926. The molecule has 5 heteroatoms. The van der Waals surface area contributed by atoms with Crippen LogP contribution in [0.4, 0.5) is 0 Å². The molecule has 0 aliphatic carbocycles. The van der Waals surface area contributed by atoms with Gasteiger partial charge >= 0.3 is 0 Å². The van der Waals surface area contributed by atoms with Gasteiger partial charge < -0.3 is 21.2 Å². The van der Waals surface area contributed by atoms with Crippen LogP contribution < -0.4 is 16.8 Å². The van der Waals surface area contributed by atoms with Crippen LogP contribution in [0.1, 0.15) is 22.5 Å². The average Bonchev–Trinajstić information content (AvgIpc) is 2.75. The lowest BCUT2D eigenvalue weighted by Gasteiger charge is -1.99. The van der Waals surface area contributed by atoms with Crippen molar-refractivity contribution in [1.29, 1.82) is 0 Å². The molecule has 1 amide bonds. The van der Waals surface area contributed by atoms with Gasteiger partial charge in [0.2, 0.25) is 0 Å². The number of carbonyl (C=O) groups excluding carboxylic acids is 1. The molecule has 1 aromatic heterocycles. The second kappa shape index (κ2) is 6.67. The Morgan fingerprint density at radius 1 is 1.50 bits per heavy atom. The Balaban J connectivity index is 2.53. The van der Waals surface area contributed by atoms with E-state index in [0.717, 1.165) is 6.42 Å². The molecule has 0 aliphatic heterocycles. The van der Waals surface area contributed by atoms with Gasteiger partial charge in [0.05, 0.1) is 12.1 Å². The zero-order valence-corrected chi connectivity index (χ0v) is 8.95. The van der Waals surface area contributed by atoms with E-state index in [1.54, 1.807) is 6.07 Å². The molecule has 86 valence electrons. The summed E-state index contributed by atoms with van der Waals surface area (Å²) >= 11 is 0. The van der Waals surface area contributed by atoms with Gasteiger partial charge in [-0.25, -0.2) is 0 Å². The zero-order chi connectivity index (χ0) is 11.8. The van der Waals surface area contributed by atoms with Gasteiger partial charge in [0, 0.05) is 12.6 Å². The number of hydrogen-bond donors (Lipinski definition) is 3. The number of carbonyl (C=O) groups is 1. The highest BCUT2D eigenvalue weighted by Crippen LogP contribution is 2.06. The number of rotatable bonds is 4. The van der Waals surface area contributed by atoms with Gasteiger partial charge in [-0.05, 0) is 13.0 Å². The summed E-state index contributed by atoms with van der Waals surface area (Å²) in [6.45, 7) is 1.37. The van der Waals surface area contributed by atoms with E-state index < -0.39 is 0 Å². The summed E-state index contributed by atoms with van der Waals surface area (Å²) < 4.78 is 5.07. The Morgan fingerprint density at radius 2 is 2.31 bits per heavy atom. The predicted octanol–water partition coefficient (Wildman–Crippen LogP) is -0.332. The SMILES string of the molecule is NCC#Cc1coc(C(=O)NCCCN)c1. The third kappa shape index (κ3) is 3.77. The maximum atomic E-state index is 11.5. The van der Waals surface area contributed by atoms with Crippen molar-refractivity contribution in [2.45, 2.75) is 6.42 Å². The molecule has 1 heterocycles. The first kappa shape index (κ1) is 12.3. The van der Waals surface area contributed by atoms with Crippen molar-refractivity contribution < 1.29 is 9.21 Å². The lowest BCUT2D eigenvalue weighted by Crippen LogP contribution is -2.25. The number of furan rings is 1. The maximum absolute atomic E-state index is 11.5. The molecule has 0 aliphatic rings. The molecule has 5 N–H and O–H groups in total. The van der Waals surface area contributed by atoms with Crippen molar-refractivity contribution in [1.82, 2.24) is 5.32 Å². The first-order valence-corrected chi connectivity index (χ1v) is 5.03. The van der Waals surface area contributed by atoms with Crippen LogP contribution in [0.25, 0.3) is 0 Å². The van der Waals surface area contributed by atoms with Gasteiger partial charge in [0.25, 0.3) is 5.91 Å². The third-order valence-electron chi connectivity index (χ3n) is 1.82. The monoisotopic (exact) mass is 221 g/mol. The van der Waals surface area contributed by atoms with Gasteiger partial charge in [-0.2, -0.15) is 0 Å². The van der Waals surface area contributed by atoms with Crippen LogP contribution in [-0.2, 0) is 0 Å². The highest BCUT2D eigenvalue weighted by Gasteiger charge is 2.09. The first-order valence-electron chi connectivity index (χ1n) is 5.03. The number of nitrogens with one attached hydrogen (secondary N) is 1. The summed E-state index contributed by atoms with van der Waals surface area (Å²) in [5.41, 5.74) is 11.2. The summed E-state index contributed by atoms with van der Waals surface area (Å²) in [4.78, 5) is 11.5. The Bertz CT molecular complexity index is 401. The van der Waals surface area contributed by atoms with E-state index in [9.17, 15) is 4.79 Å². The molecule has 5 nitrogen and oxygen atoms in total. The third-order valence-corrected chi connectivity index (χ3v) is 1.82. The second-order valence-electron chi connectivity index (χ2n) is 3.10. The van der Waals surface area contributed by atoms with E-state index >= 15 is 0 Å². The smallest absolute Gasteiger partial charge is 0.287 e. The fourth-order valence-electron chi connectivity index (χ4n) is 1.07. The summed E-state index contributed by atoms with van der Waals surface area (Å²) in [6.07, 6.45) is 2.17. The van der Waals surface area contributed by atoms with Crippen molar-refractivity contribution in [3.63, 3.8) is 0 Å². The maximum Gasteiger partial charge on any atom is 0.287 e. The zero-order valence-electron chi connectivity index (χ0n) is 8.95. The molecule has 0 atom stereocenters. The van der Waals surface area contributed by atoms with E-state index in [1.165, 1.54) is 6.26 Å². The average molecular weight is 221 g/mol. The Hall–Kier alpha value is -1.77. The highest BCUT2D eigenvalue weighted by molar-refractivity contribution is 5.91. The predicted molar refractivity (Wildman–Crippen MR) is 60.6 cm³/mol. The molecule has 16 heavy (non-hydrogen) atoms. The molecule has 0 spiro atoms. The van der Waals surface area contributed by atoms with Crippen molar-refractivity contribution in [3.8, 4) is 11.8 Å². The fraction of sp³-hybridized carbons (Fsp3) is 0.364. The van der Waals surface area contributed by atoms with Crippen molar-refractivity contribution >= 4 is 5.91 Å². The Morgan fingerprint density at radius 3 is 3.00 bits per heavy atom.